The van der Waals surface area contributed by atoms with Crippen LogP contribution in [0.3, 0.4) is 0 Å². The van der Waals surface area contributed by atoms with Crippen LogP contribution in [0.4, 0.5) is 10.5 Å². The van der Waals surface area contributed by atoms with E-state index in [-0.39, 0.29) is 23.8 Å². The van der Waals surface area contributed by atoms with Gasteiger partial charge in [0.2, 0.25) is 5.91 Å². The lowest BCUT2D eigenvalue weighted by Gasteiger charge is -2.37. The second-order valence-electron chi connectivity index (χ2n) is 9.97. The van der Waals surface area contributed by atoms with Gasteiger partial charge >= 0.3 is 6.03 Å². The van der Waals surface area contributed by atoms with Crippen LogP contribution in [-0.2, 0) is 15.0 Å². The first-order valence-corrected chi connectivity index (χ1v) is 10.8. The van der Waals surface area contributed by atoms with Crippen LogP contribution >= 0.6 is 0 Å². The third kappa shape index (κ3) is 4.83. The molecular formula is C23H34N4O3. The van der Waals surface area contributed by atoms with Gasteiger partial charge in [-0.25, -0.2) is 4.79 Å². The van der Waals surface area contributed by atoms with E-state index < -0.39 is 11.6 Å². The summed E-state index contributed by atoms with van der Waals surface area (Å²) in [4.78, 5) is 41.3. The highest BCUT2D eigenvalue weighted by molar-refractivity contribution is 6.10. The molecule has 7 nitrogen and oxygen atoms in total. The van der Waals surface area contributed by atoms with Gasteiger partial charge in [0.1, 0.15) is 12.1 Å². The normalized spacial score (nSPS) is 19.5. The number of rotatable bonds is 5. The van der Waals surface area contributed by atoms with E-state index in [0.29, 0.717) is 24.4 Å². The average molecular weight is 415 g/mol. The molecule has 2 heterocycles. The number of carbonyl (C=O) groups is 3. The highest BCUT2D eigenvalue weighted by Crippen LogP contribution is 2.30. The largest absolute Gasteiger partial charge is 0.325 e. The average Bonchev–Trinajstić information content (AvgIpc) is 2.87. The van der Waals surface area contributed by atoms with E-state index in [2.05, 4.69) is 50.2 Å². The Morgan fingerprint density at radius 2 is 1.73 bits per heavy atom. The Balaban J connectivity index is 1.58. The lowest BCUT2D eigenvalue weighted by atomic mass is 9.87. The van der Waals surface area contributed by atoms with Crippen LogP contribution in [-0.4, -0.2) is 59.4 Å². The van der Waals surface area contributed by atoms with Gasteiger partial charge in [-0.1, -0.05) is 46.8 Å². The molecule has 0 bridgehead atoms. The Kier molecular flexibility index (Phi) is 6.22. The number of amides is 4. The zero-order chi connectivity index (χ0) is 22.1. The SMILES string of the molecule is CC(C)CN1CCC2(CC1)NC(=O)N(CC(=O)Nc1ccc(C(C)(C)C)cc1)C2=O. The van der Waals surface area contributed by atoms with Crippen molar-refractivity contribution in [2.45, 2.75) is 58.4 Å². The second-order valence-corrected chi connectivity index (χ2v) is 9.97. The summed E-state index contributed by atoms with van der Waals surface area (Å²) < 4.78 is 0. The molecule has 1 aromatic carbocycles. The first-order valence-electron chi connectivity index (χ1n) is 10.8. The number of piperidine rings is 1. The molecule has 2 saturated heterocycles. The Morgan fingerprint density at radius 1 is 1.13 bits per heavy atom. The maximum Gasteiger partial charge on any atom is 0.325 e. The monoisotopic (exact) mass is 414 g/mol. The molecule has 30 heavy (non-hydrogen) atoms. The molecule has 1 aromatic rings. The first kappa shape index (κ1) is 22.3. The van der Waals surface area contributed by atoms with Crippen LogP contribution in [0.2, 0.25) is 0 Å². The first-order chi connectivity index (χ1) is 14.0. The van der Waals surface area contributed by atoms with Crippen LogP contribution < -0.4 is 10.6 Å². The fourth-order valence-corrected chi connectivity index (χ4v) is 4.19. The minimum absolute atomic E-state index is 0.0294. The van der Waals surface area contributed by atoms with Crippen molar-refractivity contribution in [1.29, 1.82) is 0 Å². The predicted octanol–water partition coefficient (Wildman–Crippen LogP) is 2.97. The number of urea groups is 1. The number of likely N-dealkylation sites (tertiary alicyclic amines) is 1. The molecular weight excluding hydrogens is 380 g/mol. The second kappa shape index (κ2) is 8.38. The Hall–Kier alpha value is -2.41. The fraction of sp³-hybridized carbons (Fsp3) is 0.609. The predicted molar refractivity (Wildman–Crippen MR) is 117 cm³/mol. The van der Waals surface area contributed by atoms with Gasteiger partial charge in [0.25, 0.3) is 5.91 Å². The molecule has 7 heteroatoms. The van der Waals surface area contributed by atoms with Crippen LogP contribution in [0, 0.1) is 5.92 Å². The van der Waals surface area contributed by atoms with Gasteiger partial charge in [0, 0.05) is 25.3 Å². The topological polar surface area (TPSA) is 81.8 Å². The summed E-state index contributed by atoms with van der Waals surface area (Å²) in [5.41, 5.74) is 0.984. The summed E-state index contributed by atoms with van der Waals surface area (Å²) >= 11 is 0. The van der Waals surface area contributed by atoms with Gasteiger partial charge in [-0.3, -0.25) is 14.5 Å². The van der Waals surface area contributed by atoms with Crippen molar-refractivity contribution in [2.24, 2.45) is 5.92 Å². The van der Waals surface area contributed by atoms with E-state index in [1.807, 2.05) is 24.3 Å². The number of benzene rings is 1. The summed E-state index contributed by atoms with van der Waals surface area (Å²) in [5, 5.41) is 5.65. The summed E-state index contributed by atoms with van der Waals surface area (Å²) in [7, 11) is 0. The third-order valence-electron chi connectivity index (χ3n) is 5.92. The molecule has 2 aliphatic heterocycles. The van der Waals surface area contributed by atoms with E-state index in [9.17, 15) is 14.4 Å². The van der Waals surface area contributed by atoms with Crippen molar-refractivity contribution in [1.82, 2.24) is 15.1 Å². The van der Waals surface area contributed by atoms with Crippen LogP contribution in [0.5, 0.6) is 0 Å². The summed E-state index contributed by atoms with van der Waals surface area (Å²) in [6.07, 6.45) is 1.16. The number of carbonyl (C=O) groups excluding carboxylic acids is 3. The molecule has 2 N–H and O–H groups in total. The zero-order valence-corrected chi connectivity index (χ0v) is 18.7. The smallest absolute Gasteiger partial charge is 0.325 e. The minimum atomic E-state index is -0.862. The molecule has 4 amide bonds. The van der Waals surface area contributed by atoms with Crippen molar-refractivity contribution in [3.8, 4) is 0 Å². The van der Waals surface area contributed by atoms with Crippen molar-refractivity contribution in [3.05, 3.63) is 29.8 Å². The summed E-state index contributed by atoms with van der Waals surface area (Å²) in [5.74, 6) is -0.100. The van der Waals surface area contributed by atoms with Crippen molar-refractivity contribution in [2.75, 3.05) is 31.5 Å². The number of nitrogens with one attached hydrogen (secondary N) is 2. The van der Waals surface area contributed by atoms with Gasteiger partial charge in [-0.15, -0.1) is 0 Å². The fourth-order valence-electron chi connectivity index (χ4n) is 4.19. The zero-order valence-electron chi connectivity index (χ0n) is 18.7. The molecule has 0 saturated carbocycles. The van der Waals surface area contributed by atoms with E-state index in [1.165, 1.54) is 5.56 Å². The van der Waals surface area contributed by atoms with Crippen LogP contribution in [0.1, 0.15) is 53.0 Å². The van der Waals surface area contributed by atoms with Gasteiger partial charge in [0.05, 0.1) is 0 Å². The van der Waals surface area contributed by atoms with Gasteiger partial charge in [0.15, 0.2) is 0 Å². The maximum atomic E-state index is 13.0. The Labute approximate surface area is 179 Å². The lowest BCUT2D eigenvalue weighted by Crippen LogP contribution is -2.55. The van der Waals surface area contributed by atoms with E-state index in [4.69, 9.17) is 0 Å². The highest BCUT2D eigenvalue weighted by Gasteiger charge is 2.52. The van der Waals surface area contributed by atoms with Crippen molar-refractivity contribution in [3.63, 3.8) is 0 Å². The molecule has 3 rings (SSSR count). The van der Waals surface area contributed by atoms with E-state index >= 15 is 0 Å². The summed E-state index contributed by atoms with van der Waals surface area (Å²) in [6, 6.07) is 7.16. The molecule has 0 radical (unpaired) electrons. The van der Waals surface area contributed by atoms with Gasteiger partial charge in [-0.2, -0.15) is 0 Å². The van der Waals surface area contributed by atoms with Crippen molar-refractivity contribution >= 4 is 23.5 Å². The van der Waals surface area contributed by atoms with E-state index in [0.717, 1.165) is 24.5 Å². The van der Waals surface area contributed by atoms with Crippen LogP contribution in [0.25, 0.3) is 0 Å². The third-order valence-corrected chi connectivity index (χ3v) is 5.92. The standard InChI is InChI=1S/C23H34N4O3/c1-16(2)14-26-12-10-23(11-13-26)20(29)27(21(30)25-23)15-19(28)24-18-8-6-17(7-9-18)22(3,4)5/h6-9,16H,10-15H2,1-5H3,(H,24,28)(H,25,30). The molecule has 2 aliphatic rings. The maximum absolute atomic E-state index is 13.0. The van der Waals surface area contributed by atoms with Crippen molar-refractivity contribution < 1.29 is 14.4 Å². The Morgan fingerprint density at radius 3 is 2.27 bits per heavy atom. The minimum Gasteiger partial charge on any atom is -0.325 e. The quantitative estimate of drug-likeness (QED) is 0.726. The van der Waals surface area contributed by atoms with Gasteiger partial charge < -0.3 is 15.5 Å². The summed E-state index contributed by atoms with van der Waals surface area (Å²) in [6.45, 7) is 13.0. The molecule has 2 fully saturated rings. The Bertz CT molecular complexity index is 803. The molecule has 0 atom stereocenters. The number of nitrogens with zero attached hydrogens (tertiary/aromatic N) is 2. The number of imide groups is 1. The molecule has 1 spiro atoms. The highest BCUT2D eigenvalue weighted by atomic mass is 16.2. The molecule has 0 aromatic heterocycles. The van der Waals surface area contributed by atoms with Gasteiger partial charge in [-0.05, 0) is 41.9 Å². The lowest BCUT2D eigenvalue weighted by molar-refractivity contribution is -0.135. The van der Waals surface area contributed by atoms with Crippen LogP contribution in [0.15, 0.2) is 24.3 Å². The molecule has 0 unspecified atom stereocenters. The number of hydrogen-bond donors (Lipinski definition) is 2. The number of anilines is 1. The number of hydrogen-bond acceptors (Lipinski definition) is 4. The molecule has 0 aliphatic carbocycles. The van der Waals surface area contributed by atoms with E-state index in [1.54, 1.807) is 0 Å². The molecule has 164 valence electrons.